The maximum atomic E-state index is 13.8. The van der Waals surface area contributed by atoms with E-state index in [0.717, 1.165) is 27.9 Å². The molecule has 0 spiro atoms. The van der Waals surface area contributed by atoms with Gasteiger partial charge in [-0.2, -0.15) is 10.1 Å². The van der Waals surface area contributed by atoms with Crippen molar-refractivity contribution in [3.63, 3.8) is 0 Å². The molecule has 0 fully saturated rings. The van der Waals surface area contributed by atoms with E-state index in [4.69, 9.17) is 9.72 Å². The van der Waals surface area contributed by atoms with Crippen LogP contribution in [0.3, 0.4) is 0 Å². The Morgan fingerprint density at radius 2 is 1.88 bits per heavy atom. The summed E-state index contributed by atoms with van der Waals surface area (Å²) in [7, 11) is 1.56. The molecule has 1 N–H and O–H groups in total. The van der Waals surface area contributed by atoms with Gasteiger partial charge in [0.2, 0.25) is 11.8 Å². The number of carbonyl (C=O) groups excluding carboxylic acids is 1. The van der Waals surface area contributed by atoms with Crippen molar-refractivity contribution < 1.29 is 13.9 Å². The number of amides is 1. The zero-order valence-electron chi connectivity index (χ0n) is 20.1. The van der Waals surface area contributed by atoms with Gasteiger partial charge in [0.15, 0.2) is 5.65 Å². The fraction of sp³-hybridized carbons (Fsp3) is 0.296. The second kappa shape index (κ2) is 9.63. The van der Waals surface area contributed by atoms with E-state index in [9.17, 15) is 9.18 Å². The largest absolute Gasteiger partial charge is 0.481 e. The van der Waals surface area contributed by atoms with Crippen LogP contribution < -0.4 is 10.1 Å². The minimum Gasteiger partial charge on any atom is -0.481 e. The third-order valence-electron chi connectivity index (χ3n) is 6.04. The Bertz CT molecular complexity index is 1340. The third kappa shape index (κ3) is 4.64. The number of fused-ring (bicyclic) bond motifs is 1. The highest BCUT2D eigenvalue weighted by molar-refractivity contribution is 5.91. The highest BCUT2D eigenvalue weighted by Gasteiger charge is 2.20. The van der Waals surface area contributed by atoms with Crippen LogP contribution in [0.15, 0.2) is 48.5 Å². The summed E-state index contributed by atoms with van der Waals surface area (Å²) >= 11 is 0. The molecule has 6 nitrogen and oxygen atoms in total. The van der Waals surface area contributed by atoms with E-state index in [1.807, 2.05) is 38.1 Å². The maximum Gasteiger partial charge on any atom is 0.224 e. The highest BCUT2D eigenvalue weighted by atomic mass is 19.1. The second-order valence-electron chi connectivity index (χ2n) is 8.73. The summed E-state index contributed by atoms with van der Waals surface area (Å²) in [5.41, 5.74) is 5.78. The van der Waals surface area contributed by atoms with Crippen molar-refractivity contribution in [2.45, 2.75) is 46.5 Å². The molecule has 4 aromatic rings. The number of hydrogen-bond donors (Lipinski definition) is 1. The van der Waals surface area contributed by atoms with Crippen LogP contribution in [0.25, 0.3) is 16.7 Å². The van der Waals surface area contributed by atoms with Crippen molar-refractivity contribution in [1.82, 2.24) is 14.8 Å². The van der Waals surface area contributed by atoms with Crippen molar-refractivity contribution in [3.8, 4) is 11.6 Å². The molecule has 0 bridgehead atoms. The van der Waals surface area contributed by atoms with Gasteiger partial charge in [-0.05, 0) is 67.6 Å². The molecule has 0 aliphatic heterocycles. The molecule has 0 radical (unpaired) electrons. The van der Waals surface area contributed by atoms with Gasteiger partial charge in [-0.15, -0.1) is 0 Å². The van der Waals surface area contributed by atoms with E-state index in [-0.39, 0.29) is 18.1 Å². The number of anilines is 1. The summed E-state index contributed by atoms with van der Waals surface area (Å²) in [4.78, 5) is 17.3. The van der Waals surface area contributed by atoms with Crippen molar-refractivity contribution >= 4 is 22.6 Å². The number of benzene rings is 2. The van der Waals surface area contributed by atoms with E-state index >= 15 is 0 Å². The number of ether oxygens (including phenoxy) is 1. The van der Waals surface area contributed by atoms with Crippen LogP contribution in [0.1, 0.15) is 48.6 Å². The molecule has 34 heavy (non-hydrogen) atoms. The average Bonchev–Trinajstić information content (AvgIpc) is 3.15. The smallest absolute Gasteiger partial charge is 0.224 e. The molecule has 0 saturated heterocycles. The molecule has 2 aromatic carbocycles. The Labute approximate surface area is 198 Å². The van der Waals surface area contributed by atoms with Gasteiger partial charge in [0, 0.05) is 23.1 Å². The number of rotatable bonds is 7. The molecule has 0 unspecified atom stereocenters. The molecule has 176 valence electrons. The first kappa shape index (κ1) is 23.4. The molecular formula is C27H29FN4O2. The lowest BCUT2D eigenvalue weighted by molar-refractivity contribution is -0.116. The Kier molecular flexibility index (Phi) is 6.63. The molecular weight excluding hydrogens is 431 g/mol. The van der Waals surface area contributed by atoms with Crippen molar-refractivity contribution in [2.75, 3.05) is 12.4 Å². The monoisotopic (exact) mass is 460 g/mol. The van der Waals surface area contributed by atoms with Gasteiger partial charge in [0.1, 0.15) is 5.82 Å². The van der Waals surface area contributed by atoms with Crippen LogP contribution in [0.2, 0.25) is 0 Å². The predicted octanol–water partition coefficient (Wildman–Crippen LogP) is 5.88. The van der Waals surface area contributed by atoms with E-state index in [1.54, 1.807) is 23.9 Å². The lowest BCUT2D eigenvalue weighted by atomic mass is 10.0. The quantitative estimate of drug-likeness (QED) is 0.374. The van der Waals surface area contributed by atoms with Crippen molar-refractivity contribution in [1.29, 1.82) is 0 Å². The summed E-state index contributed by atoms with van der Waals surface area (Å²) < 4.78 is 21.0. The molecule has 1 amide bonds. The van der Waals surface area contributed by atoms with Crippen LogP contribution in [-0.4, -0.2) is 27.8 Å². The molecule has 2 aromatic heterocycles. The molecule has 2 heterocycles. The van der Waals surface area contributed by atoms with Crippen molar-refractivity contribution in [2.24, 2.45) is 0 Å². The minimum atomic E-state index is -0.344. The standard InChI is InChI=1S/C27H29FN4O2/c1-16(2)19-9-11-21(12-10-19)29-24(33)14-13-23-17(3)25-18(4)31-32(26(25)30-27(23)34-5)22-8-6-7-20(28)15-22/h6-12,15-16H,13-14H2,1-5H3,(H,29,33). The second-order valence-corrected chi connectivity index (χ2v) is 8.73. The fourth-order valence-corrected chi connectivity index (χ4v) is 4.20. The highest BCUT2D eigenvalue weighted by Crippen LogP contribution is 2.32. The van der Waals surface area contributed by atoms with Gasteiger partial charge in [0.05, 0.1) is 18.5 Å². The number of carbonyl (C=O) groups is 1. The topological polar surface area (TPSA) is 69.0 Å². The first-order valence-electron chi connectivity index (χ1n) is 11.4. The number of nitrogens with one attached hydrogen (secondary N) is 1. The van der Waals surface area contributed by atoms with E-state index < -0.39 is 0 Å². The summed E-state index contributed by atoms with van der Waals surface area (Å²) in [6, 6.07) is 14.2. The Balaban J connectivity index is 1.59. The molecule has 0 saturated carbocycles. The number of aromatic nitrogens is 3. The lowest BCUT2D eigenvalue weighted by Gasteiger charge is -2.13. The number of nitrogens with zero attached hydrogens (tertiary/aromatic N) is 3. The van der Waals surface area contributed by atoms with Crippen molar-refractivity contribution in [3.05, 3.63) is 76.7 Å². The SMILES string of the molecule is COc1nc2c(c(C)nn2-c2cccc(F)c2)c(C)c1CCC(=O)Nc1ccc(C(C)C)cc1. The summed E-state index contributed by atoms with van der Waals surface area (Å²) in [6.07, 6.45) is 0.756. The number of pyridine rings is 1. The van der Waals surface area contributed by atoms with Gasteiger partial charge in [-0.1, -0.05) is 32.0 Å². The number of aryl methyl sites for hydroxylation is 2. The summed E-state index contributed by atoms with van der Waals surface area (Å²) in [5, 5.41) is 8.44. The lowest BCUT2D eigenvalue weighted by Crippen LogP contribution is -2.13. The molecule has 0 atom stereocenters. The normalized spacial score (nSPS) is 11.3. The zero-order chi connectivity index (χ0) is 24.4. The number of halogens is 1. The predicted molar refractivity (Wildman–Crippen MR) is 132 cm³/mol. The first-order valence-corrected chi connectivity index (χ1v) is 11.4. The van der Waals surface area contributed by atoms with Crippen LogP contribution in [0.4, 0.5) is 10.1 Å². The van der Waals surface area contributed by atoms with Gasteiger partial charge < -0.3 is 10.1 Å². The molecule has 0 aliphatic rings. The number of methoxy groups -OCH3 is 1. The van der Waals surface area contributed by atoms with Gasteiger partial charge in [0.25, 0.3) is 0 Å². The van der Waals surface area contributed by atoms with Crippen LogP contribution >= 0.6 is 0 Å². The Hall–Kier alpha value is -3.74. The summed E-state index contributed by atoms with van der Waals surface area (Å²) in [5.74, 6) is 0.461. The van der Waals surface area contributed by atoms with E-state index in [2.05, 4.69) is 24.3 Å². The Morgan fingerprint density at radius 1 is 1.15 bits per heavy atom. The van der Waals surface area contributed by atoms with E-state index in [0.29, 0.717) is 29.6 Å². The molecule has 0 aliphatic carbocycles. The van der Waals surface area contributed by atoms with E-state index in [1.165, 1.54) is 17.7 Å². The fourth-order valence-electron chi connectivity index (χ4n) is 4.20. The van der Waals surface area contributed by atoms with Crippen LogP contribution in [0.5, 0.6) is 5.88 Å². The number of hydrogen-bond acceptors (Lipinski definition) is 4. The van der Waals surface area contributed by atoms with Gasteiger partial charge >= 0.3 is 0 Å². The third-order valence-corrected chi connectivity index (χ3v) is 6.04. The Morgan fingerprint density at radius 3 is 2.53 bits per heavy atom. The first-order chi connectivity index (χ1) is 16.3. The maximum absolute atomic E-state index is 13.8. The molecule has 7 heteroatoms. The van der Waals surface area contributed by atoms with Crippen LogP contribution in [0, 0.1) is 19.7 Å². The summed E-state index contributed by atoms with van der Waals surface area (Å²) in [6.45, 7) is 8.15. The zero-order valence-corrected chi connectivity index (χ0v) is 20.1. The minimum absolute atomic E-state index is 0.0778. The van der Waals surface area contributed by atoms with Gasteiger partial charge in [-0.3, -0.25) is 4.79 Å². The average molecular weight is 461 g/mol. The van der Waals surface area contributed by atoms with Crippen LogP contribution in [-0.2, 0) is 11.2 Å². The van der Waals surface area contributed by atoms with Gasteiger partial charge in [-0.25, -0.2) is 9.07 Å². The molecule has 4 rings (SSSR count).